The lowest BCUT2D eigenvalue weighted by atomic mass is 10.1. The molecule has 1 aromatic carbocycles. The molecule has 0 amide bonds. The molecule has 0 aliphatic heterocycles. The second-order valence-corrected chi connectivity index (χ2v) is 3.65. The van der Waals surface area contributed by atoms with Crippen LogP contribution in [0.2, 0.25) is 0 Å². The maximum atomic E-state index is 10.4. The van der Waals surface area contributed by atoms with Crippen molar-refractivity contribution in [3.8, 4) is 5.75 Å². The van der Waals surface area contributed by atoms with E-state index in [0.29, 0.717) is 6.42 Å². The molecule has 0 bridgehead atoms. The molecule has 0 aliphatic carbocycles. The lowest BCUT2D eigenvalue weighted by Gasteiger charge is -2.03. The number of methoxy groups -OCH3 is 1. The number of aromatic amines is 1. The zero-order valence-corrected chi connectivity index (χ0v) is 8.99. The number of aromatic nitrogens is 1. The summed E-state index contributed by atoms with van der Waals surface area (Å²) in [7, 11) is 1.62. The predicted molar refractivity (Wildman–Crippen MR) is 62.2 cm³/mol. The molecule has 2 aromatic rings. The summed E-state index contributed by atoms with van der Waals surface area (Å²) in [5, 5.41) is 1.03. The number of nitrogens with two attached hydrogens (primary N) is 1. The Balaban J connectivity index is 2.41. The van der Waals surface area contributed by atoms with Gasteiger partial charge in [-0.3, -0.25) is 4.79 Å². The molecule has 1 aromatic heterocycles. The van der Waals surface area contributed by atoms with Crippen LogP contribution in [-0.4, -0.2) is 24.4 Å². The maximum Gasteiger partial charge on any atom is 0.217 e. The Morgan fingerprint density at radius 1 is 1.56 bits per heavy atom. The third-order valence-corrected chi connectivity index (χ3v) is 2.57. The summed E-state index contributed by atoms with van der Waals surface area (Å²) in [4.78, 5) is 13.5. The van der Waals surface area contributed by atoms with E-state index in [0.717, 1.165) is 22.2 Å². The first-order chi connectivity index (χ1) is 7.74. The summed E-state index contributed by atoms with van der Waals surface area (Å²) >= 11 is 0. The lowest BCUT2D eigenvalue weighted by Crippen LogP contribution is -2.23. The van der Waals surface area contributed by atoms with Crippen LogP contribution in [0.15, 0.2) is 24.4 Å². The van der Waals surface area contributed by atoms with Crippen LogP contribution in [0.1, 0.15) is 5.56 Å². The minimum absolute atomic E-state index is 0.483. The topological polar surface area (TPSA) is 68.1 Å². The Hall–Kier alpha value is -1.81. The van der Waals surface area contributed by atoms with E-state index in [2.05, 4.69) is 4.98 Å². The van der Waals surface area contributed by atoms with Gasteiger partial charge in [0.25, 0.3) is 0 Å². The molecule has 1 radical (unpaired) electrons. The molecule has 1 heterocycles. The van der Waals surface area contributed by atoms with Crippen molar-refractivity contribution in [3.05, 3.63) is 30.0 Å². The van der Waals surface area contributed by atoms with Crippen molar-refractivity contribution in [1.82, 2.24) is 4.98 Å². The third kappa shape index (κ3) is 1.92. The van der Waals surface area contributed by atoms with Gasteiger partial charge < -0.3 is 15.5 Å². The number of carbonyl (C=O) groups excluding carboxylic acids is 1. The quantitative estimate of drug-likeness (QED) is 0.807. The third-order valence-electron chi connectivity index (χ3n) is 2.57. The van der Waals surface area contributed by atoms with Gasteiger partial charge in [0.1, 0.15) is 5.75 Å². The van der Waals surface area contributed by atoms with E-state index in [4.69, 9.17) is 10.5 Å². The standard InChI is InChI=1S/C12H13N2O2/c1-16-10-2-3-12-11(5-10)8(6-14-12)4-9(13)7-15/h2-3,5-6,9,14H,4,13H2,1H3. The first-order valence-electron chi connectivity index (χ1n) is 5.02. The van der Waals surface area contributed by atoms with Gasteiger partial charge in [-0.2, -0.15) is 0 Å². The zero-order valence-electron chi connectivity index (χ0n) is 8.99. The molecule has 1 atom stereocenters. The predicted octanol–water partition coefficient (Wildman–Crippen LogP) is 1.16. The molecule has 1 unspecified atom stereocenters. The summed E-state index contributed by atoms with van der Waals surface area (Å²) in [5.74, 6) is 0.789. The van der Waals surface area contributed by atoms with Crippen molar-refractivity contribution < 1.29 is 9.53 Å². The van der Waals surface area contributed by atoms with Gasteiger partial charge in [-0.25, -0.2) is 0 Å². The second-order valence-electron chi connectivity index (χ2n) is 3.65. The largest absolute Gasteiger partial charge is 0.497 e. The minimum Gasteiger partial charge on any atom is -0.497 e. The highest BCUT2D eigenvalue weighted by Gasteiger charge is 2.09. The summed E-state index contributed by atoms with van der Waals surface area (Å²) in [6.07, 6.45) is 4.12. The van der Waals surface area contributed by atoms with Gasteiger partial charge in [-0.1, -0.05) is 0 Å². The number of hydrogen-bond acceptors (Lipinski definition) is 3. The Labute approximate surface area is 93.4 Å². The fourth-order valence-electron chi connectivity index (χ4n) is 1.73. The van der Waals surface area contributed by atoms with Gasteiger partial charge in [0, 0.05) is 17.1 Å². The van der Waals surface area contributed by atoms with Crippen molar-refractivity contribution in [2.45, 2.75) is 12.5 Å². The van der Waals surface area contributed by atoms with Crippen molar-refractivity contribution in [3.63, 3.8) is 0 Å². The average molecular weight is 217 g/mol. The van der Waals surface area contributed by atoms with E-state index in [1.807, 2.05) is 24.4 Å². The molecular formula is C12H13N2O2. The number of ether oxygens (including phenoxy) is 1. The Kier molecular flexibility index (Phi) is 2.92. The van der Waals surface area contributed by atoms with Gasteiger partial charge in [-0.15, -0.1) is 0 Å². The Bertz CT molecular complexity index is 505. The Morgan fingerprint density at radius 2 is 2.38 bits per heavy atom. The highest BCUT2D eigenvalue weighted by Crippen LogP contribution is 2.24. The fourth-order valence-corrected chi connectivity index (χ4v) is 1.73. The van der Waals surface area contributed by atoms with Crippen LogP contribution in [-0.2, 0) is 11.2 Å². The van der Waals surface area contributed by atoms with Gasteiger partial charge >= 0.3 is 0 Å². The normalized spacial score (nSPS) is 12.6. The van der Waals surface area contributed by atoms with Crippen LogP contribution in [0.4, 0.5) is 0 Å². The smallest absolute Gasteiger partial charge is 0.217 e. The number of nitrogens with one attached hydrogen (secondary N) is 1. The van der Waals surface area contributed by atoms with Crippen LogP contribution >= 0.6 is 0 Å². The zero-order chi connectivity index (χ0) is 11.5. The number of fused-ring (bicyclic) bond motifs is 1. The molecule has 83 valence electrons. The molecule has 0 aliphatic rings. The summed E-state index contributed by atoms with van der Waals surface area (Å²) < 4.78 is 5.16. The van der Waals surface area contributed by atoms with Crippen molar-refractivity contribution in [2.75, 3.05) is 7.11 Å². The number of rotatable bonds is 4. The maximum absolute atomic E-state index is 10.4. The van der Waals surface area contributed by atoms with Gasteiger partial charge in [0.15, 0.2) is 0 Å². The summed E-state index contributed by atoms with van der Waals surface area (Å²) in [6.45, 7) is 0. The average Bonchev–Trinajstić information content (AvgIpc) is 2.71. The lowest BCUT2D eigenvalue weighted by molar-refractivity contribution is 0.415. The minimum atomic E-state index is -0.579. The van der Waals surface area contributed by atoms with Gasteiger partial charge in [0.2, 0.25) is 6.29 Å². The van der Waals surface area contributed by atoms with Crippen molar-refractivity contribution >= 4 is 17.2 Å². The van der Waals surface area contributed by atoms with Crippen LogP contribution in [0.5, 0.6) is 5.75 Å². The molecule has 0 saturated heterocycles. The summed E-state index contributed by atoms with van der Waals surface area (Å²) in [6, 6.07) is 5.17. The molecule has 4 nitrogen and oxygen atoms in total. The summed E-state index contributed by atoms with van der Waals surface area (Å²) in [5.41, 5.74) is 7.57. The molecule has 0 spiro atoms. The monoisotopic (exact) mass is 217 g/mol. The van der Waals surface area contributed by atoms with Crippen LogP contribution in [0, 0.1) is 0 Å². The molecular weight excluding hydrogens is 204 g/mol. The molecule has 2 rings (SSSR count). The van der Waals surface area contributed by atoms with E-state index < -0.39 is 6.04 Å². The van der Waals surface area contributed by atoms with E-state index >= 15 is 0 Å². The van der Waals surface area contributed by atoms with E-state index in [1.165, 1.54) is 0 Å². The second kappa shape index (κ2) is 4.37. The molecule has 0 saturated carbocycles. The fraction of sp³-hybridized carbons (Fsp3) is 0.250. The van der Waals surface area contributed by atoms with Gasteiger partial charge in [-0.05, 0) is 30.2 Å². The van der Waals surface area contributed by atoms with E-state index in [-0.39, 0.29) is 0 Å². The Morgan fingerprint density at radius 3 is 3.06 bits per heavy atom. The van der Waals surface area contributed by atoms with Crippen LogP contribution in [0.3, 0.4) is 0 Å². The highest BCUT2D eigenvalue weighted by atomic mass is 16.5. The first-order valence-corrected chi connectivity index (χ1v) is 5.02. The molecule has 3 N–H and O–H groups in total. The first kappa shape index (κ1) is 10.7. The van der Waals surface area contributed by atoms with Crippen LogP contribution < -0.4 is 10.5 Å². The van der Waals surface area contributed by atoms with E-state index in [9.17, 15) is 4.79 Å². The molecule has 4 heteroatoms. The molecule has 16 heavy (non-hydrogen) atoms. The number of hydrogen-bond donors (Lipinski definition) is 2. The molecule has 0 fully saturated rings. The van der Waals surface area contributed by atoms with E-state index in [1.54, 1.807) is 13.4 Å². The number of benzene rings is 1. The van der Waals surface area contributed by atoms with Crippen LogP contribution in [0.25, 0.3) is 10.9 Å². The van der Waals surface area contributed by atoms with Crippen molar-refractivity contribution in [2.24, 2.45) is 5.73 Å². The highest BCUT2D eigenvalue weighted by molar-refractivity contribution is 5.85. The van der Waals surface area contributed by atoms with Crippen molar-refractivity contribution in [1.29, 1.82) is 0 Å². The SMILES string of the molecule is COc1ccc2[nH]cc(CC(N)[C]=O)c2c1. The van der Waals surface area contributed by atoms with Gasteiger partial charge in [0.05, 0.1) is 13.2 Å². The number of H-pyrrole nitrogens is 1.